The largest absolute Gasteiger partial charge is 0.380 e. The Hall–Kier alpha value is -2.22. The van der Waals surface area contributed by atoms with Crippen molar-refractivity contribution in [3.8, 4) is 0 Å². The third-order valence-corrected chi connectivity index (χ3v) is 4.05. The number of nitrogens with zero attached hydrogens (tertiary/aromatic N) is 5. The molecule has 118 valence electrons. The topological polar surface area (TPSA) is 88.9 Å². The maximum absolute atomic E-state index is 12.7. The molecule has 0 radical (unpaired) electrons. The lowest BCUT2D eigenvalue weighted by Crippen LogP contribution is -2.35. The molecule has 2 atom stereocenters. The first-order valence-electron chi connectivity index (χ1n) is 7.27. The minimum atomic E-state index is -0.128. The molecule has 2 aromatic heterocycles. The predicted octanol–water partition coefficient (Wildman–Crippen LogP) is 0.607. The van der Waals surface area contributed by atoms with E-state index in [2.05, 4.69) is 20.3 Å². The SMILES string of the molecule is CO[C@@H]1C[C@@H](c2ncn[nH]2)N(C(=O)Cn2nc(C)cc2C)C1. The molecule has 0 spiro atoms. The molecule has 1 aliphatic rings. The summed E-state index contributed by atoms with van der Waals surface area (Å²) in [7, 11) is 1.66. The summed E-state index contributed by atoms with van der Waals surface area (Å²) in [5.74, 6) is 0.702. The third-order valence-electron chi connectivity index (χ3n) is 4.05. The Kier molecular flexibility index (Phi) is 3.93. The number of methoxy groups -OCH3 is 1. The maximum atomic E-state index is 12.7. The van der Waals surface area contributed by atoms with E-state index in [0.29, 0.717) is 18.8 Å². The van der Waals surface area contributed by atoms with Gasteiger partial charge in [0, 0.05) is 25.8 Å². The zero-order valence-electron chi connectivity index (χ0n) is 13.0. The number of carbonyl (C=O) groups is 1. The van der Waals surface area contributed by atoms with E-state index in [9.17, 15) is 4.79 Å². The maximum Gasteiger partial charge on any atom is 0.245 e. The molecule has 1 fully saturated rings. The van der Waals surface area contributed by atoms with Crippen LogP contribution in [0.5, 0.6) is 0 Å². The summed E-state index contributed by atoms with van der Waals surface area (Å²) in [6.45, 7) is 4.64. The monoisotopic (exact) mass is 304 g/mol. The Morgan fingerprint density at radius 1 is 1.50 bits per heavy atom. The number of likely N-dealkylation sites (tertiary alicyclic amines) is 1. The number of aryl methyl sites for hydroxylation is 2. The van der Waals surface area contributed by atoms with E-state index < -0.39 is 0 Å². The zero-order chi connectivity index (χ0) is 15.7. The molecule has 0 saturated carbocycles. The second-order valence-corrected chi connectivity index (χ2v) is 5.61. The van der Waals surface area contributed by atoms with Crippen molar-refractivity contribution < 1.29 is 9.53 Å². The molecule has 1 N–H and O–H groups in total. The molecule has 1 aliphatic heterocycles. The normalized spacial score (nSPS) is 21.5. The molecule has 0 bridgehead atoms. The van der Waals surface area contributed by atoms with Crippen LogP contribution in [0.25, 0.3) is 0 Å². The van der Waals surface area contributed by atoms with E-state index in [1.54, 1.807) is 16.7 Å². The summed E-state index contributed by atoms with van der Waals surface area (Å²) in [5, 5.41) is 11.1. The first kappa shape index (κ1) is 14.7. The van der Waals surface area contributed by atoms with Crippen LogP contribution < -0.4 is 0 Å². The van der Waals surface area contributed by atoms with Crippen LogP contribution in [0.1, 0.15) is 29.7 Å². The molecule has 0 aliphatic carbocycles. The van der Waals surface area contributed by atoms with Crippen molar-refractivity contribution in [3.05, 3.63) is 29.6 Å². The van der Waals surface area contributed by atoms with Crippen molar-refractivity contribution in [2.24, 2.45) is 0 Å². The molecule has 8 nitrogen and oxygen atoms in total. The molecule has 3 rings (SSSR count). The molecular weight excluding hydrogens is 284 g/mol. The van der Waals surface area contributed by atoms with E-state index in [1.165, 1.54) is 6.33 Å². The van der Waals surface area contributed by atoms with E-state index in [-0.39, 0.29) is 24.6 Å². The van der Waals surface area contributed by atoms with Gasteiger partial charge in [-0.05, 0) is 19.9 Å². The van der Waals surface area contributed by atoms with Crippen LogP contribution in [0.4, 0.5) is 0 Å². The standard InChI is InChI=1S/C14H20N6O2/c1-9-4-10(2)20(18-9)7-13(21)19-6-11(22-3)5-12(19)14-15-8-16-17-14/h4,8,11-12H,5-7H2,1-3H3,(H,15,16,17)/t11-,12+/m1/s1. The molecule has 0 aromatic carbocycles. The van der Waals surface area contributed by atoms with E-state index in [4.69, 9.17) is 4.74 Å². The average molecular weight is 304 g/mol. The number of H-pyrrole nitrogens is 1. The Morgan fingerprint density at radius 3 is 2.91 bits per heavy atom. The molecule has 0 unspecified atom stereocenters. The first-order chi connectivity index (χ1) is 10.6. The Labute approximate surface area is 128 Å². The summed E-state index contributed by atoms with van der Waals surface area (Å²) in [6.07, 6.45) is 2.19. The van der Waals surface area contributed by atoms with E-state index in [0.717, 1.165) is 11.4 Å². The van der Waals surface area contributed by atoms with Gasteiger partial charge in [-0.25, -0.2) is 4.98 Å². The average Bonchev–Trinajstić information content (AvgIpc) is 3.19. The van der Waals surface area contributed by atoms with Gasteiger partial charge < -0.3 is 9.64 Å². The lowest BCUT2D eigenvalue weighted by molar-refractivity contribution is -0.133. The van der Waals surface area contributed by atoms with Gasteiger partial charge in [-0.3, -0.25) is 14.6 Å². The molecule has 1 saturated heterocycles. The van der Waals surface area contributed by atoms with E-state index in [1.807, 2.05) is 19.9 Å². The number of hydrogen-bond donors (Lipinski definition) is 1. The second kappa shape index (κ2) is 5.88. The van der Waals surface area contributed by atoms with Crippen molar-refractivity contribution >= 4 is 5.91 Å². The van der Waals surface area contributed by atoms with Crippen LogP contribution in [-0.2, 0) is 16.1 Å². The lowest BCUT2D eigenvalue weighted by atomic mass is 10.2. The molecule has 1 amide bonds. The Balaban J connectivity index is 1.78. The highest BCUT2D eigenvalue weighted by atomic mass is 16.5. The van der Waals surface area contributed by atoms with Gasteiger partial charge in [-0.15, -0.1) is 0 Å². The molecule has 2 aromatic rings. The van der Waals surface area contributed by atoms with E-state index >= 15 is 0 Å². The summed E-state index contributed by atoms with van der Waals surface area (Å²) in [4.78, 5) is 18.7. The Bertz CT molecular complexity index is 650. The number of carbonyl (C=O) groups excluding carboxylic acids is 1. The predicted molar refractivity (Wildman–Crippen MR) is 78.0 cm³/mol. The number of aromatic amines is 1. The smallest absolute Gasteiger partial charge is 0.245 e. The minimum absolute atomic E-state index is 0.00662. The van der Waals surface area contributed by atoms with Crippen LogP contribution in [0.15, 0.2) is 12.4 Å². The molecule has 3 heterocycles. The zero-order valence-corrected chi connectivity index (χ0v) is 13.0. The Morgan fingerprint density at radius 2 is 2.32 bits per heavy atom. The summed E-state index contributed by atoms with van der Waals surface area (Å²) < 4.78 is 7.15. The van der Waals surface area contributed by atoms with Crippen LogP contribution in [-0.4, -0.2) is 55.5 Å². The van der Waals surface area contributed by atoms with Crippen molar-refractivity contribution in [3.63, 3.8) is 0 Å². The fourth-order valence-corrected chi connectivity index (χ4v) is 2.93. The molecular formula is C14H20N6O2. The highest BCUT2D eigenvalue weighted by Gasteiger charge is 2.38. The molecule has 22 heavy (non-hydrogen) atoms. The van der Waals surface area contributed by atoms with Crippen LogP contribution in [0.3, 0.4) is 0 Å². The van der Waals surface area contributed by atoms with Gasteiger partial charge in [0.2, 0.25) is 5.91 Å². The van der Waals surface area contributed by atoms with Gasteiger partial charge in [0.15, 0.2) is 0 Å². The van der Waals surface area contributed by atoms with Gasteiger partial charge >= 0.3 is 0 Å². The van der Waals surface area contributed by atoms with Crippen LogP contribution in [0, 0.1) is 13.8 Å². The number of ether oxygens (including phenoxy) is 1. The quantitative estimate of drug-likeness (QED) is 0.894. The fourth-order valence-electron chi connectivity index (χ4n) is 2.93. The summed E-state index contributed by atoms with van der Waals surface area (Å²) >= 11 is 0. The van der Waals surface area contributed by atoms with Crippen molar-refractivity contribution in [2.75, 3.05) is 13.7 Å². The molecule has 8 heteroatoms. The first-order valence-corrected chi connectivity index (χ1v) is 7.27. The van der Waals surface area contributed by atoms with Crippen LogP contribution in [0.2, 0.25) is 0 Å². The number of nitrogens with one attached hydrogen (secondary N) is 1. The van der Waals surface area contributed by atoms with Gasteiger partial charge in [0.1, 0.15) is 18.7 Å². The lowest BCUT2D eigenvalue weighted by Gasteiger charge is -2.22. The van der Waals surface area contributed by atoms with Crippen molar-refractivity contribution in [2.45, 2.75) is 39.0 Å². The third kappa shape index (κ3) is 2.74. The van der Waals surface area contributed by atoms with Gasteiger partial charge in [-0.2, -0.15) is 10.2 Å². The van der Waals surface area contributed by atoms with Crippen LogP contribution >= 0.6 is 0 Å². The second-order valence-electron chi connectivity index (χ2n) is 5.61. The van der Waals surface area contributed by atoms with Gasteiger partial charge in [0.05, 0.1) is 17.8 Å². The number of amides is 1. The highest BCUT2D eigenvalue weighted by molar-refractivity contribution is 5.76. The van der Waals surface area contributed by atoms with Crippen molar-refractivity contribution in [1.82, 2.24) is 29.9 Å². The minimum Gasteiger partial charge on any atom is -0.380 e. The fraction of sp³-hybridized carbons (Fsp3) is 0.571. The van der Waals surface area contributed by atoms with Gasteiger partial charge in [0.25, 0.3) is 0 Å². The number of hydrogen-bond acceptors (Lipinski definition) is 5. The van der Waals surface area contributed by atoms with Crippen molar-refractivity contribution in [1.29, 1.82) is 0 Å². The number of aromatic nitrogens is 5. The summed E-state index contributed by atoms with van der Waals surface area (Å²) in [6, 6.07) is 1.83. The highest BCUT2D eigenvalue weighted by Crippen LogP contribution is 2.31. The summed E-state index contributed by atoms with van der Waals surface area (Å²) in [5.41, 5.74) is 1.89. The van der Waals surface area contributed by atoms with Gasteiger partial charge in [-0.1, -0.05) is 0 Å². The number of rotatable bonds is 4.